The normalized spacial score (nSPS) is 18.2. The Morgan fingerprint density at radius 3 is 2.58 bits per heavy atom. The van der Waals surface area contributed by atoms with Crippen molar-refractivity contribution in [3.63, 3.8) is 0 Å². The Bertz CT molecular complexity index is 453. The van der Waals surface area contributed by atoms with Gasteiger partial charge in [-0.15, -0.1) is 0 Å². The van der Waals surface area contributed by atoms with Gasteiger partial charge in [-0.1, -0.05) is 19.3 Å². The lowest BCUT2D eigenvalue weighted by molar-refractivity contribution is -0.137. The number of hydrogen-bond donors (Lipinski definition) is 1. The number of carboxylic acids is 1. The van der Waals surface area contributed by atoms with Crippen molar-refractivity contribution in [1.82, 2.24) is 0 Å². The number of carboxylic acid groups (broad SMARTS) is 1. The van der Waals surface area contributed by atoms with Crippen molar-refractivity contribution in [3.8, 4) is 0 Å². The first-order valence-corrected chi connectivity index (χ1v) is 6.74. The maximum atomic E-state index is 13.9. The highest BCUT2D eigenvalue weighted by molar-refractivity contribution is 5.68. The van der Waals surface area contributed by atoms with Gasteiger partial charge in [0.2, 0.25) is 0 Å². The minimum atomic E-state index is -0.959. The van der Waals surface area contributed by atoms with Gasteiger partial charge >= 0.3 is 5.97 Å². The molecule has 1 aromatic rings. The van der Waals surface area contributed by atoms with Crippen LogP contribution in [0.4, 0.5) is 8.78 Å². The van der Waals surface area contributed by atoms with Crippen molar-refractivity contribution >= 4 is 5.97 Å². The second-order valence-corrected chi connectivity index (χ2v) is 5.27. The fraction of sp³-hybridized carbons (Fsp3) is 0.533. The molecular formula is C15H18F2O2. The first-order chi connectivity index (χ1) is 9.08. The molecule has 1 aliphatic carbocycles. The van der Waals surface area contributed by atoms with Gasteiger partial charge in [0.1, 0.15) is 11.6 Å². The van der Waals surface area contributed by atoms with Crippen LogP contribution in [0.1, 0.15) is 50.0 Å². The third kappa shape index (κ3) is 3.52. The van der Waals surface area contributed by atoms with Crippen LogP contribution in [0.3, 0.4) is 0 Å². The van der Waals surface area contributed by atoms with Crippen LogP contribution in [-0.2, 0) is 4.79 Å². The van der Waals surface area contributed by atoms with Crippen molar-refractivity contribution in [2.24, 2.45) is 5.92 Å². The molecule has 19 heavy (non-hydrogen) atoms. The molecule has 0 saturated heterocycles. The van der Waals surface area contributed by atoms with E-state index in [-0.39, 0.29) is 17.9 Å². The lowest BCUT2D eigenvalue weighted by atomic mass is 9.75. The van der Waals surface area contributed by atoms with Crippen LogP contribution in [0.15, 0.2) is 18.2 Å². The van der Waals surface area contributed by atoms with Crippen LogP contribution in [0.25, 0.3) is 0 Å². The number of carbonyl (C=O) groups is 1. The van der Waals surface area contributed by atoms with E-state index in [9.17, 15) is 13.6 Å². The second kappa shape index (κ2) is 6.13. The quantitative estimate of drug-likeness (QED) is 0.892. The van der Waals surface area contributed by atoms with E-state index in [1.54, 1.807) is 0 Å². The highest BCUT2D eigenvalue weighted by atomic mass is 19.1. The van der Waals surface area contributed by atoms with E-state index in [1.165, 1.54) is 0 Å². The maximum Gasteiger partial charge on any atom is 0.303 e. The fourth-order valence-electron chi connectivity index (χ4n) is 3.05. The van der Waals surface area contributed by atoms with Crippen molar-refractivity contribution < 1.29 is 18.7 Å². The van der Waals surface area contributed by atoms with E-state index in [1.807, 2.05) is 0 Å². The summed E-state index contributed by atoms with van der Waals surface area (Å²) in [6.45, 7) is 0. The molecule has 1 N–H and O–H groups in total. The lowest BCUT2D eigenvalue weighted by Crippen LogP contribution is -2.20. The van der Waals surface area contributed by atoms with Crippen LogP contribution in [0, 0.1) is 17.6 Å². The van der Waals surface area contributed by atoms with E-state index < -0.39 is 23.5 Å². The molecule has 0 spiro atoms. The van der Waals surface area contributed by atoms with Gasteiger partial charge < -0.3 is 5.11 Å². The molecule has 0 radical (unpaired) electrons. The summed E-state index contributed by atoms with van der Waals surface area (Å²) < 4.78 is 27.2. The van der Waals surface area contributed by atoms with Gasteiger partial charge in [-0.3, -0.25) is 4.79 Å². The third-order valence-electron chi connectivity index (χ3n) is 3.97. The van der Waals surface area contributed by atoms with Gasteiger partial charge in [-0.2, -0.15) is 0 Å². The molecule has 104 valence electrons. The molecule has 4 heteroatoms. The molecule has 0 aromatic heterocycles. The standard InChI is InChI=1S/C15H18F2O2/c16-11-6-7-14(17)13(8-11)12(9-15(18)19)10-4-2-1-3-5-10/h6-8,10,12H,1-5,9H2,(H,18,19). The van der Waals surface area contributed by atoms with Crippen molar-refractivity contribution in [2.75, 3.05) is 0 Å². The molecule has 2 nitrogen and oxygen atoms in total. The number of rotatable bonds is 4. The van der Waals surface area contributed by atoms with Gasteiger partial charge in [-0.25, -0.2) is 8.78 Å². The minimum Gasteiger partial charge on any atom is -0.481 e. The van der Waals surface area contributed by atoms with Crippen LogP contribution in [0.2, 0.25) is 0 Å². The molecule has 1 atom stereocenters. The summed E-state index contributed by atoms with van der Waals surface area (Å²) in [4.78, 5) is 11.0. The summed E-state index contributed by atoms with van der Waals surface area (Å²) in [6, 6.07) is 3.30. The molecule has 1 aliphatic rings. The van der Waals surface area contributed by atoms with E-state index in [0.29, 0.717) is 0 Å². The summed E-state index contributed by atoms with van der Waals surface area (Å²) in [5, 5.41) is 9.02. The van der Waals surface area contributed by atoms with Crippen molar-refractivity contribution in [1.29, 1.82) is 0 Å². The highest BCUT2D eigenvalue weighted by Crippen LogP contribution is 2.39. The summed E-state index contributed by atoms with van der Waals surface area (Å²) in [5.74, 6) is -2.25. The predicted octanol–water partition coefficient (Wildman–Crippen LogP) is 4.10. The average molecular weight is 268 g/mol. The van der Waals surface area contributed by atoms with Crippen LogP contribution in [0.5, 0.6) is 0 Å². The smallest absolute Gasteiger partial charge is 0.303 e. The Hall–Kier alpha value is -1.45. The van der Waals surface area contributed by atoms with E-state index in [0.717, 1.165) is 50.3 Å². The van der Waals surface area contributed by atoms with Crippen LogP contribution >= 0.6 is 0 Å². The van der Waals surface area contributed by atoms with Gasteiger partial charge in [0.05, 0.1) is 6.42 Å². The minimum absolute atomic E-state index is 0.134. The summed E-state index contributed by atoms with van der Waals surface area (Å²) in [5.41, 5.74) is 0.217. The Kier molecular flexibility index (Phi) is 4.51. The first kappa shape index (κ1) is 14.0. The Morgan fingerprint density at radius 2 is 1.95 bits per heavy atom. The summed E-state index contributed by atoms with van der Waals surface area (Å²) >= 11 is 0. The Morgan fingerprint density at radius 1 is 1.26 bits per heavy atom. The number of halogens is 2. The summed E-state index contributed by atoms with van der Waals surface area (Å²) in [7, 11) is 0. The molecule has 0 bridgehead atoms. The largest absolute Gasteiger partial charge is 0.481 e. The number of aliphatic carboxylic acids is 1. The van der Waals surface area contributed by atoms with Crippen LogP contribution in [-0.4, -0.2) is 11.1 Å². The van der Waals surface area contributed by atoms with Gasteiger partial charge in [0.25, 0.3) is 0 Å². The fourth-order valence-corrected chi connectivity index (χ4v) is 3.05. The highest BCUT2D eigenvalue weighted by Gasteiger charge is 2.29. The van der Waals surface area contributed by atoms with Crippen molar-refractivity contribution in [2.45, 2.75) is 44.4 Å². The SMILES string of the molecule is O=C(O)CC(c1cc(F)ccc1F)C1CCCCC1. The molecule has 1 unspecified atom stereocenters. The second-order valence-electron chi connectivity index (χ2n) is 5.27. The Balaban J connectivity index is 2.29. The number of hydrogen-bond acceptors (Lipinski definition) is 1. The van der Waals surface area contributed by atoms with E-state index in [2.05, 4.69) is 0 Å². The van der Waals surface area contributed by atoms with Gasteiger partial charge in [0.15, 0.2) is 0 Å². The monoisotopic (exact) mass is 268 g/mol. The maximum absolute atomic E-state index is 13.9. The zero-order chi connectivity index (χ0) is 13.8. The molecular weight excluding hydrogens is 250 g/mol. The molecule has 0 heterocycles. The molecule has 2 rings (SSSR count). The molecule has 1 saturated carbocycles. The zero-order valence-electron chi connectivity index (χ0n) is 10.7. The van der Waals surface area contributed by atoms with Crippen LogP contribution < -0.4 is 0 Å². The van der Waals surface area contributed by atoms with E-state index >= 15 is 0 Å². The van der Waals surface area contributed by atoms with Gasteiger partial charge in [-0.05, 0) is 42.5 Å². The lowest BCUT2D eigenvalue weighted by Gasteiger charge is -2.30. The topological polar surface area (TPSA) is 37.3 Å². The molecule has 1 aromatic carbocycles. The van der Waals surface area contributed by atoms with E-state index in [4.69, 9.17) is 5.11 Å². The Labute approximate surface area is 111 Å². The number of benzene rings is 1. The van der Waals surface area contributed by atoms with Gasteiger partial charge in [0, 0.05) is 5.92 Å². The average Bonchev–Trinajstić information content (AvgIpc) is 2.40. The van der Waals surface area contributed by atoms with Crippen molar-refractivity contribution in [3.05, 3.63) is 35.4 Å². The predicted molar refractivity (Wildman–Crippen MR) is 67.9 cm³/mol. The summed E-state index contributed by atoms with van der Waals surface area (Å²) in [6.07, 6.45) is 4.88. The molecule has 0 amide bonds. The third-order valence-corrected chi connectivity index (χ3v) is 3.97. The molecule has 0 aliphatic heterocycles. The zero-order valence-corrected chi connectivity index (χ0v) is 10.7. The first-order valence-electron chi connectivity index (χ1n) is 6.74. The molecule has 1 fully saturated rings.